The average Bonchev–Trinajstić information content (AvgIpc) is 3.01. The largest absolute Gasteiger partial charge is 0.481 e. The van der Waals surface area contributed by atoms with Gasteiger partial charge in [-0.3, -0.25) is 9.59 Å². The first-order valence-electron chi connectivity index (χ1n) is 6.47. The van der Waals surface area contributed by atoms with Gasteiger partial charge in [-0.05, 0) is 6.07 Å². The van der Waals surface area contributed by atoms with Crippen LogP contribution in [0.25, 0.3) is 10.8 Å². The molecule has 0 amide bonds. The molecule has 0 bridgehead atoms. The van der Waals surface area contributed by atoms with E-state index in [2.05, 4.69) is 5.10 Å². The molecule has 1 fully saturated rings. The molecule has 3 rings (SSSR count). The van der Waals surface area contributed by atoms with Crippen LogP contribution < -0.4 is 5.56 Å². The fourth-order valence-electron chi connectivity index (χ4n) is 2.38. The third-order valence-electron chi connectivity index (χ3n) is 3.61. The Morgan fingerprint density at radius 1 is 1.38 bits per heavy atom. The molecule has 1 aromatic carbocycles. The Labute approximate surface area is 117 Å². The summed E-state index contributed by atoms with van der Waals surface area (Å²) in [5.41, 5.74) is -0.260. The lowest BCUT2D eigenvalue weighted by Gasteiger charge is -2.09. The SMILES string of the molecule is O=C(O)Cc1nn(CC2CC2(F)F)c(=O)c2ccccc12. The Morgan fingerprint density at radius 3 is 2.57 bits per heavy atom. The summed E-state index contributed by atoms with van der Waals surface area (Å²) < 4.78 is 27.0. The third-order valence-corrected chi connectivity index (χ3v) is 3.61. The first kappa shape index (κ1) is 13.7. The lowest BCUT2D eigenvalue weighted by molar-refractivity contribution is -0.136. The number of alkyl halides is 2. The van der Waals surface area contributed by atoms with Crippen molar-refractivity contribution >= 4 is 16.7 Å². The molecule has 5 nitrogen and oxygen atoms in total. The highest BCUT2D eigenvalue weighted by Gasteiger charge is 2.57. The van der Waals surface area contributed by atoms with Crippen molar-refractivity contribution in [1.82, 2.24) is 9.78 Å². The fourth-order valence-corrected chi connectivity index (χ4v) is 2.38. The van der Waals surface area contributed by atoms with Crippen molar-refractivity contribution in [3.63, 3.8) is 0 Å². The molecule has 0 radical (unpaired) electrons. The minimum Gasteiger partial charge on any atom is -0.481 e. The van der Waals surface area contributed by atoms with Crippen molar-refractivity contribution in [2.24, 2.45) is 5.92 Å². The molecular weight excluding hydrogens is 282 g/mol. The summed E-state index contributed by atoms with van der Waals surface area (Å²) in [6.45, 7) is -0.191. The summed E-state index contributed by atoms with van der Waals surface area (Å²) >= 11 is 0. The molecule has 2 aromatic rings. The molecule has 110 valence electrons. The van der Waals surface area contributed by atoms with Crippen LogP contribution >= 0.6 is 0 Å². The summed E-state index contributed by atoms with van der Waals surface area (Å²) in [5.74, 6) is -4.74. The highest BCUT2D eigenvalue weighted by molar-refractivity contribution is 5.86. The van der Waals surface area contributed by atoms with Crippen molar-refractivity contribution in [2.75, 3.05) is 0 Å². The van der Waals surface area contributed by atoms with Crippen LogP contribution in [0.5, 0.6) is 0 Å². The highest BCUT2D eigenvalue weighted by Crippen LogP contribution is 2.49. The molecule has 0 saturated heterocycles. The van der Waals surface area contributed by atoms with E-state index in [9.17, 15) is 18.4 Å². The summed E-state index contributed by atoms with van der Waals surface area (Å²) in [6.07, 6.45) is -0.621. The Kier molecular flexibility index (Phi) is 3.00. The van der Waals surface area contributed by atoms with Gasteiger partial charge >= 0.3 is 5.97 Å². The predicted molar refractivity (Wildman–Crippen MR) is 70.4 cm³/mol. The molecule has 1 aromatic heterocycles. The summed E-state index contributed by atoms with van der Waals surface area (Å²) in [5, 5.41) is 13.6. The second-order valence-corrected chi connectivity index (χ2v) is 5.21. The van der Waals surface area contributed by atoms with E-state index in [4.69, 9.17) is 5.11 Å². The van der Waals surface area contributed by atoms with Crippen LogP contribution in [0.1, 0.15) is 12.1 Å². The number of hydrogen-bond donors (Lipinski definition) is 1. The number of rotatable bonds is 4. The van der Waals surface area contributed by atoms with Gasteiger partial charge in [0, 0.05) is 17.7 Å². The van der Waals surface area contributed by atoms with Crippen LogP contribution in [0.3, 0.4) is 0 Å². The van der Waals surface area contributed by atoms with E-state index < -0.39 is 23.4 Å². The van der Waals surface area contributed by atoms with Gasteiger partial charge in [0.05, 0.1) is 24.0 Å². The number of carboxylic acids is 1. The smallest absolute Gasteiger partial charge is 0.309 e. The standard InChI is InChI=1S/C14H12F2N2O3/c15-14(16)6-8(14)7-18-13(21)10-4-2-1-3-9(10)11(17-18)5-12(19)20/h1-4,8H,5-7H2,(H,19,20). The van der Waals surface area contributed by atoms with Gasteiger partial charge in [0.25, 0.3) is 11.5 Å². The zero-order chi connectivity index (χ0) is 15.2. The van der Waals surface area contributed by atoms with Crippen molar-refractivity contribution < 1.29 is 18.7 Å². The minimum atomic E-state index is -2.75. The number of carbonyl (C=O) groups is 1. The van der Waals surface area contributed by atoms with Gasteiger partial charge in [-0.2, -0.15) is 5.10 Å². The first-order valence-corrected chi connectivity index (χ1v) is 6.47. The molecule has 1 saturated carbocycles. The maximum atomic E-state index is 13.0. The van der Waals surface area contributed by atoms with Crippen LogP contribution in [0.2, 0.25) is 0 Å². The Hall–Kier alpha value is -2.31. The van der Waals surface area contributed by atoms with E-state index in [1.165, 1.54) is 0 Å². The number of nitrogens with zero attached hydrogens (tertiary/aromatic N) is 2. The molecule has 1 heterocycles. The maximum absolute atomic E-state index is 13.0. The average molecular weight is 294 g/mol. The van der Waals surface area contributed by atoms with Crippen LogP contribution in [0.15, 0.2) is 29.1 Å². The second kappa shape index (κ2) is 4.61. The van der Waals surface area contributed by atoms with Gasteiger partial charge in [0.2, 0.25) is 0 Å². The zero-order valence-corrected chi connectivity index (χ0v) is 10.9. The van der Waals surface area contributed by atoms with Crippen molar-refractivity contribution in [3.05, 3.63) is 40.3 Å². The van der Waals surface area contributed by atoms with Crippen LogP contribution in [-0.2, 0) is 17.8 Å². The lowest BCUT2D eigenvalue weighted by atomic mass is 10.1. The number of benzene rings is 1. The Balaban J connectivity index is 2.10. The molecule has 1 atom stereocenters. The van der Waals surface area contributed by atoms with Crippen LogP contribution in [0.4, 0.5) is 8.78 Å². The third kappa shape index (κ3) is 2.51. The topological polar surface area (TPSA) is 72.2 Å². The molecule has 21 heavy (non-hydrogen) atoms. The van der Waals surface area contributed by atoms with E-state index in [0.29, 0.717) is 10.8 Å². The van der Waals surface area contributed by atoms with Crippen molar-refractivity contribution in [3.8, 4) is 0 Å². The molecule has 1 aliphatic carbocycles. The molecule has 7 heteroatoms. The minimum absolute atomic E-state index is 0.191. The van der Waals surface area contributed by atoms with Gasteiger partial charge < -0.3 is 5.11 Å². The van der Waals surface area contributed by atoms with E-state index in [1.807, 2.05) is 0 Å². The summed E-state index contributed by atoms with van der Waals surface area (Å²) in [7, 11) is 0. The number of aliphatic carboxylic acids is 1. The van der Waals surface area contributed by atoms with Gasteiger partial charge in [0.1, 0.15) is 0 Å². The molecular formula is C14H12F2N2O3. The van der Waals surface area contributed by atoms with Crippen molar-refractivity contribution in [2.45, 2.75) is 25.3 Å². The number of halogens is 2. The Morgan fingerprint density at radius 2 is 2.00 bits per heavy atom. The van der Waals surface area contributed by atoms with Crippen LogP contribution in [0, 0.1) is 5.92 Å². The van der Waals surface area contributed by atoms with E-state index in [1.54, 1.807) is 24.3 Å². The van der Waals surface area contributed by atoms with E-state index >= 15 is 0 Å². The molecule has 1 unspecified atom stereocenters. The predicted octanol–water partition coefficient (Wildman–Crippen LogP) is 1.68. The van der Waals surface area contributed by atoms with Gasteiger partial charge in [0.15, 0.2) is 0 Å². The van der Waals surface area contributed by atoms with Gasteiger partial charge in [-0.25, -0.2) is 13.5 Å². The first-order chi connectivity index (χ1) is 9.88. The number of carboxylic acid groups (broad SMARTS) is 1. The molecule has 0 spiro atoms. The number of aromatic nitrogens is 2. The quantitative estimate of drug-likeness (QED) is 0.931. The number of hydrogen-bond acceptors (Lipinski definition) is 3. The maximum Gasteiger partial charge on any atom is 0.309 e. The normalized spacial score (nSPS) is 19.6. The summed E-state index contributed by atoms with van der Waals surface area (Å²) in [6, 6.07) is 6.48. The van der Waals surface area contributed by atoms with E-state index in [0.717, 1.165) is 4.68 Å². The lowest BCUT2D eigenvalue weighted by Crippen LogP contribution is -2.27. The highest BCUT2D eigenvalue weighted by atomic mass is 19.3. The summed E-state index contributed by atoms with van der Waals surface area (Å²) in [4.78, 5) is 23.1. The van der Waals surface area contributed by atoms with Crippen molar-refractivity contribution in [1.29, 1.82) is 0 Å². The second-order valence-electron chi connectivity index (χ2n) is 5.21. The van der Waals surface area contributed by atoms with Gasteiger partial charge in [-0.15, -0.1) is 0 Å². The fraction of sp³-hybridized carbons (Fsp3) is 0.357. The monoisotopic (exact) mass is 294 g/mol. The number of fused-ring (bicyclic) bond motifs is 1. The van der Waals surface area contributed by atoms with E-state index in [-0.39, 0.29) is 25.1 Å². The Bertz CT molecular complexity index is 785. The molecule has 0 aliphatic heterocycles. The zero-order valence-electron chi connectivity index (χ0n) is 10.9. The molecule has 1 N–H and O–H groups in total. The van der Waals surface area contributed by atoms with Crippen LogP contribution in [-0.4, -0.2) is 26.8 Å². The van der Waals surface area contributed by atoms with Gasteiger partial charge in [-0.1, -0.05) is 18.2 Å². The molecule has 1 aliphatic rings.